The zero-order valence-corrected chi connectivity index (χ0v) is 11.8. The molecule has 0 aromatic carbocycles. The van der Waals surface area contributed by atoms with Crippen LogP contribution in [0.25, 0.3) is 0 Å². The molecule has 0 amide bonds. The summed E-state index contributed by atoms with van der Waals surface area (Å²) in [6, 6.07) is 0. The largest absolute Gasteiger partial charge is 0.299 e. The van der Waals surface area contributed by atoms with Crippen molar-refractivity contribution in [3.63, 3.8) is 0 Å². The average molecular weight is 232 g/mol. The lowest BCUT2D eigenvalue weighted by Gasteiger charge is -2.35. The maximum absolute atomic E-state index is 11.6. The maximum Gasteiger partial charge on any atom is 0.140 e. The molecule has 0 aliphatic heterocycles. The highest BCUT2D eigenvalue weighted by Crippen LogP contribution is 2.45. The molecule has 0 bridgehead atoms. The Morgan fingerprint density at radius 3 is 1.80 bits per heavy atom. The van der Waals surface area contributed by atoms with Crippen molar-refractivity contribution in [2.45, 2.75) is 52.9 Å². The van der Waals surface area contributed by atoms with Crippen LogP contribution in [0.1, 0.15) is 52.9 Å². The molecule has 0 saturated heterocycles. The van der Waals surface area contributed by atoms with Crippen LogP contribution in [0, 0.1) is 0 Å². The van der Waals surface area contributed by atoms with Gasteiger partial charge in [0.2, 0.25) is 0 Å². The smallest absolute Gasteiger partial charge is 0.140 e. The van der Waals surface area contributed by atoms with Crippen LogP contribution in [0.5, 0.6) is 0 Å². The van der Waals surface area contributed by atoms with Gasteiger partial charge < -0.3 is 0 Å². The minimum atomic E-state index is -0.624. The highest BCUT2D eigenvalue weighted by atomic mass is 32.3. The fraction of sp³-hybridized carbons (Fsp3) is 0.923. The van der Waals surface area contributed by atoms with Crippen LogP contribution in [-0.2, 0) is 4.79 Å². The lowest BCUT2D eigenvalue weighted by atomic mass is 10.4. The first-order valence-electron chi connectivity index (χ1n) is 6.31. The Morgan fingerprint density at radius 1 is 1.00 bits per heavy atom. The molecule has 0 unspecified atom stereocenters. The van der Waals surface area contributed by atoms with Crippen LogP contribution in [0.15, 0.2) is 0 Å². The van der Waals surface area contributed by atoms with Gasteiger partial charge in [0.05, 0.1) is 0 Å². The zero-order valence-electron chi connectivity index (χ0n) is 11.0. The summed E-state index contributed by atoms with van der Waals surface area (Å²) in [6.45, 7) is 6.46. The molecule has 1 nitrogen and oxygen atoms in total. The minimum Gasteiger partial charge on any atom is -0.299 e. The SMILES string of the molecule is CCCCS(C)(CCCC)CC(=O)CC. The molecule has 0 rings (SSSR count). The summed E-state index contributed by atoms with van der Waals surface area (Å²) in [5.74, 6) is 3.95. The topological polar surface area (TPSA) is 17.1 Å². The van der Waals surface area contributed by atoms with E-state index in [2.05, 4.69) is 20.1 Å². The number of unbranched alkanes of at least 4 members (excludes halogenated alkanes) is 2. The monoisotopic (exact) mass is 232 g/mol. The summed E-state index contributed by atoms with van der Waals surface area (Å²) in [7, 11) is -0.624. The van der Waals surface area contributed by atoms with Gasteiger partial charge in [-0.25, -0.2) is 10.0 Å². The fourth-order valence-electron chi connectivity index (χ4n) is 1.72. The van der Waals surface area contributed by atoms with E-state index in [9.17, 15) is 4.79 Å². The van der Waals surface area contributed by atoms with Crippen molar-refractivity contribution in [3.05, 3.63) is 0 Å². The third-order valence-corrected chi connectivity index (χ3v) is 6.45. The Labute approximate surface area is 97.3 Å². The molecule has 0 aliphatic rings. The highest BCUT2D eigenvalue weighted by Gasteiger charge is 2.19. The predicted molar refractivity (Wildman–Crippen MR) is 73.2 cm³/mol. The van der Waals surface area contributed by atoms with Gasteiger partial charge in [-0.1, -0.05) is 33.6 Å². The summed E-state index contributed by atoms with van der Waals surface area (Å²) in [6.07, 6.45) is 8.22. The van der Waals surface area contributed by atoms with Crippen LogP contribution in [0.4, 0.5) is 0 Å². The third kappa shape index (κ3) is 6.99. The van der Waals surface area contributed by atoms with Crippen LogP contribution < -0.4 is 0 Å². The molecule has 0 aliphatic carbocycles. The second-order valence-electron chi connectivity index (χ2n) is 4.63. The van der Waals surface area contributed by atoms with E-state index in [1.54, 1.807) is 0 Å². The van der Waals surface area contributed by atoms with Gasteiger partial charge in [0.1, 0.15) is 5.78 Å². The fourth-order valence-corrected chi connectivity index (χ4v) is 5.17. The number of rotatable bonds is 9. The summed E-state index contributed by atoms with van der Waals surface area (Å²) >= 11 is 0. The normalized spacial score (nSPS) is 12.8. The molecule has 15 heavy (non-hydrogen) atoms. The number of carbonyl (C=O) groups excluding carboxylic acids is 1. The Morgan fingerprint density at radius 2 is 1.47 bits per heavy atom. The third-order valence-electron chi connectivity index (χ3n) is 2.89. The van der Waals surface area contributed by atoms with Crippen molar-refractivity contribution >= 4 is 15.8 Å². The zero-order chi connectivity index (χ0) is 11.7. The number of hydrogen-bond donors (Lipinski definition) is 0. The summed E-state index contributed by atoms with van der Waals surface area (Å²) in [5.41, 5.74) is 0. The van der Waals surface area contributed by atoms with Gasteiger partial charge in [-0.05, 0) is 30.6 Å². The molecule has 0 fully saturated rings. The standard InChI is InChI=1S/C13H28OS/c1-5-8-10-15(4,11-9-6-2)12-13(14)7-3/h5-12H2,1-4H3. The summed E-state index contributed by atoms with van der Waals surface area (Å²) < 4.78 is 0. The van der Waals surface area contributed by atoms with Crippen LogP contribution in [0.3, 0.4) is 0 Å². The van der Waals surface area contributed by atoms with E-state index < -0.39 is 10.0 Å². The van der Waals surface area contributed by atoms with E-state index in [0.29, 0.717) is 5.78 Å². The van der Waals surface area contributed by atoms with Gasteiger partial charge in [-0.15, -0.1) is 0 Å². The summed E-state index contributed by atoms with van der Waals surface area (Å²) in [4.78, 5) is 11.6. The van der Waals surface area contributed by atoms with Gasteiger partial charge in [0.25, 0.3) is 0 Å². The second-order valence-corrected chi connectivity index (χ2v) is 8.69. The van der Waals surface area contributed by atoms with Gasteiger partial charge >= 0.3 is 0 Å². The molecule has 0 atom stereocenters. The Hall–Kier alpha value is 0.0200. The van der Waals surface area contributed by atoms with Crippen molar-refractivity contribution in [1.82, 2.24) is 0 Å². The van der Waals surface area contributed by atoms with Crippen molar-refractivity contribution in [3.8, 4) is 0 Å². The Balaban J connectivity index is 4.18. The Bertz CT molecular complexity index is 169. The molecule has 2 heteroatoms. The van der Waals surface area contributed by atoms with Crippen molar-refractivity contribution in [2.75, 3.05) is 23.5 Å². The van der Waals surface area contributed by atoms with Crippen molar-refractivity contribution in [1.29, 1.82) is 0 Å². The lowest BCUT2D eigenvalue weighted by Crippen LogP contribution is -2.18. The van der Waals surface area contributed by atoms with E-state index in [4.69, 9.17) is 0 Å². The van der Waals surface area contributed by atoms with Gasteiger partial charge in [0, 0.05) is 12.2 Å². The molecule has 0 aromatic rings. The summed E-state index contributed by atoms with van der Waals surface area (Å²) in [5, 5.41) is 0. The van der Waals surface area contributed by atoms with E-state index in [0.717, 1.165) is 12.2 Å². The van der Waals surface area contributed by atoms with E-state index in [1.165, 1.54) is 37.2 Å². The molecule has 0 N–H and O–H groups in total. The highest BCUT2D eigenvalue weighted by molar-refractivity contribution is 8.33. The second kappa shape index (κ2) is 8.20. The molecule has 0 aromatic heterocycles. The number of ketones is 1. The molecule has 92 valence electrons. The molecule has 0 heterocycles. The number of Topliss-reactive ketones (excluding diaryl/α,β-unsaturated/α-hetero) is 1. The quantitative estimate of drug-likeness (QED) is 0.587. The van der Waals surface area contributed by atoms with Crippen molar-refractivity contribution < 1.29 is 4.79 Å². The van der Waals surface area contributed by atoms with Crippen LogP contribution in [-0.4, -0.2) is 29.3 Å². The molecular weight excluding hydrogens is 204 g/mol. The number of hydrogen-bond acceptors (Lipinski definition) is 1. The van der Waals surface area contributed by atoms with Crippen LogP contribution in [0.2, 0.25) is 0 Å². The molecule has 0 spiro atoms. The first-order chi connectivity index (χ1) is 7.08. The molecule has 0 saturated carbocycles. The predicted octanol–water partition coefficient (Wildman–Crippen LogP) is 4.00. The van der Waals surface area contributed by atoms with E-state index >= 15 is 0 Å². The van der Waals surface area contributed by atoms with Gasteiger partial charge in [-0.3, -0.25) is 4.79 Å². The average Bonchev–Trinajstić information content (AvgIpc) is 2.23. The van der Waals surface area contributed by atoms with Crippen molar-refractivity contribution in [2.24, 2.45) is 0 Å². The van der Waals surface area contributed by atoms with E-state index in [1.807, 2.05) is 6.92 Å². The van der Waals surface area contributed by atoms with Crippen LogP contribution >= 0.6 is 10.0 Å². The lowest BCUT2D eigenvalue weighted by molar-refractivity contribution is -0.116. The molecule has 0 radical (unpaired) electrons. The maximum atomic E-state index is 11.6. The van der Waals surface area contributed by atoms with Gasteiger partial charge in [-0.2, -0.15) is 0 Å². The molecular formula is C13H28OS. The van der Waals surface area contributed by atoms with Gasteiger partial charge in [0.15, 0.2) is 0 Å². The van der Waals surface area contributed by atoms with E-state index in [-0.39, 0.29) is 0 Å². The Kier molecular flexibility index (Phi) is 8.22. The first-order valence-corrected chi connectivity index (χ1v) is 8.86. The number of carbonyl (C=O) groups is 1. The minimum absolute atomic E-state index is 0.472. The first kappa shape index (κ1) is 15.0.